The molecule has 0 radical (unpaired) electrons. The molecule has 0 spiro atoms. The third kappa shape index (κ3) is 5.33. The first-order valence-corrected chi connectivity index (χ1v) is 8.11. The van der Waals surface area contributed by atoms with Gasteiger partial charge in [-0.3, -0.25) is 4.90 Å². The van der Waals surface area contributed by atoms with Gasteiger partial charge in [0.2, 0.25) is 0 Å². The summed E-state index contributed by atoms with van der Waals surface area (Å²) in [7, 11) is 1.78. The van der Waals surface area contributed by atoms with Crippen LogP contribution in [0.3, 0.4) is 0 Å². The van der Waals surface area contributed by atoms with Crippen molar-refractivity contribution in [3.8, 4) is 0 Å². The molecule has 3 heteroatoms. The Morgan fingerprint density at radius 3 is 2.38 bits per heavy atom. The molecule has 1 N–H and O–H groups in total. The molecule has 21 heavy (non-hydrogen) atoms. The van der Waals surface area contributed by atoms with Crippen LogP contribution in [0.25, 0.3) is 0 Å². The van der Waals surface area contributed by atoms with Crippen LogP contribution in [0.5, 0.6) is 0 Å². The van der Waals surface area contributed by atoms with Crippen LogP contribution >= 0.6 is 0 Å². The van der Waals surface area contributed by atoms with E-state index in [1.54, 1.807) is 7.11 Å². The number of nitrogens with zero attached hydrogens (tertiary/aromatic N) is 1. The van der Waals surface area contributed by atoms with Crippen LogP contribution in [0, 0.1) is 0 Å². The molecule has 118 valence electrons. The van der Waals surface area contributed by atoms with Gasteiger partial charge < -0.3 is 10.1 Å². The number of rotatable bonds is 7. The summed E-state index contributed by atoms with van der Waals surface area (Å²) in [6, 6.07) is 9.27. The van der Waals surface area contributed by atoms with Crippen LogP contribution in [0.1, 0.15) is 45.6 Å². The van der Waals surface area contributed by atoms with Crippen molar-refractivity contribution in [1.29, 1.82) is 0 Å². The lowest BCUT2D eigenvalue weighted by Crippen LogP contribution is -2.31. The number of ether oxygens (including phenoxy) is 1. The van der Waals surface area contributed by atoms with E-state index < -0.39 is 0 Å². The minimum atomic E-state index is -0.0812. The molecule has 0 bridgehead atoms. The minimum absolute atomic E-state index is 0.0812. The maximum atomic E-state index is 5.49. The van der Waals surface area contributed by atoms with Crippen molar-refractivity contribution in [2.24, 2.45) is 0 Å². The van der Waals surface area contributed by atoms with Crippen molar-refractivity contribution in [2.45, 2.75) is 58.2 Å². The molecule has 0 aromatic heterocycles. The van der Waals surface area contributed by atoms with Gasteiger partial charge in [0.15, 0.2) is 0 Å². The van der Waals surface area contributed by atoms with Crippen LogP contribution in [-0.4, -0.2) is 36.7 Å². The Kier molecular flexibility index (Phi) is 5.65. The maximum Gasteiger partial charge on any atom is 0.0642 e. The molecule has 0 saturated carbocycles. The summed E-state index contributed by atoms with van der Waals surface area (Å²) in [6.45, 7) is 10.1. The predicted molar refractivity (Wildman–Crippen MR) is 89.7 cm³/mol. The lowest BCUT2D eigenvalue weighted by Gasteiger charge is -2.27. The van der Waals surface area contributed by atoms with Gasteiger partial charge in [-0.05, 0) is 70.8 Å². The first kappa shape index (κ1) is 16.3. The molecular formula is C18H30N2O. The van der Waals surface area contributed by atoms with Crippen LogP contribution < -0.4 is 5.32 Å². The zero-order chi connectivity index (χ0) is 15.3. The van der Waals surface area contributed by atoms with Crippen molar-refractivity contribution < 1.29 is 4.74 Å². The molecule has 0 aliphatic carbocycles. The largest absolute Gasteiger partial charge is 0.382 e. The summed E-state index contributed by atoms with van der Waals surface area (Å²) in [4.78, 5) is 2.53. The van der Waals surface area contributed by atoms with Crippen molar-refractivity contribution in [3.63, 3.8) is 0 Å². The van der Waals surface area contributed by atoms with Gasteiger partial charge in [-0.25, -0.2) is 0 Å². The number of anilines is 1. The summed E-state index contributed by atoms with van der Waals surface area (Å²) in [5.41, 5.74) is 2.52. The van der Waals surface area contributed by atoms with E-state index in [0.717, 1.165) is 13.0 Å². The first-order chi connectivity index (χ1) is 9.98. The fraction of sp³-hybridized carbons (Fsp3) is 0.667. The van der Waals surface area contributed by atoms with E-state index in [9.17, 15) is 0 Å². The Bertz CT molecular complexity index is 421. The maximum absolute atomic E-state index is 5.49. The molecule has 1 saturated heterocycles. The topological polar surface area (TPSA) is 24.5 Å². The standard InChI is InChI=1S/C18H30N2O/c1-15(13-18(2,3)21-4)19-17-9-7-16(8-10-17)14-20-11-5-6-12-20/h7-10,15,19H,5-6,11-14H2,1-4H3. The molecule has 2 rings (SSSR count). The molecule has 3 nitrogen and oxygen atoms in total. The SMILES string of the molecule is COC(C)(C)CC(C)Nc1ccc(CN2CCCC2)cc1. The number of hydrogen-bond acceptors (Lipinski definition) is 3. The Labute approximate surface area is 129 Å². The normalized spacial score (nSPS) is 17.9. The molecule has 1 heterocycles. The van der Waals surface area contributed by atoms with Crippen LogP contribution in [0.2, 0.25) is 0 Å². The van der Waals surface area contributed by atoms with E-state index in [-0.39, 0.29) is 5.60 Å². The molecule has 1 aromatic carbocycles. The van der Waals surface area contributed by atoms with Gasteiger partial charge in [0.25, 0.3) is 0 Å². The van der Waals surface area contributed by atoms with Gasteiger partial charge in [0, 0.05) is 25.4 Å². The van der Waals surface area contributed by atoms with Gasteiger partial charge in [0.1, 0.15) is 0 Å². The van der Waals surface area contributed by atoms with Crippen LogP contribution in [0.4, 0.5) is 5.69 Å². The number of methoxy groups -OCH3 is 1. The van der Waals surface area contributed by atoms with Gasteiger partial charge >= 0.3 is 0 Å². The Morgan fingerprint density at radius 1 is 1.19 bits per heavy atom. The second kappa shape index (κ2) is 7.28. The van der Waals surface area contributed by atoms with Gasteiger partial charge in [0.05, 0.1) is 5.60 Å². The van der Waals surface area contributed by atoms with Crippen molar-refractivity contribution in [2.75, 3.05) is 25.5 Å². The monoisotopic (exact) mass is 290 g/mol. The first-order valence-electron chi connectivity index (χ1n) is 8.11. The second-order valence-corrected chi connectivity index (χ2v) is 6.89. The van der Waals surface area contributed by atoms with E-state index in [2.05, 4.69) is 55.3 Å². The van der Waals surface area contributed by atoms with E-state index in [1.807, 2.05) is 0 Å². The highest BCUT2D eigenvalue weighted by Gasteiger charge is 2.20. The average Bonchev–Trinajstić information content (AvgIpc) is 2.93. The predicted octanol–water partition coefficient (Wildman–Crippen LogP) is 3.90. The summed E-state index contributed by atoms with van der Waals surface area (Å²) in [5, 5.41) is 3.56. The minimum Gasteiger partial charge on any atom is -0.382 e. The van der Waals surface area contributed by atoms with E-state index in [4.69, 9.17) is 4.74 Å². The fourth-order valence-corrected chi connectivity index (χ4v) is 3.06. The molecule has 1 unspecified atom stereocenters. The lowest BCUT2D eigenvalue weighted by molar-refractivity contribution is 0.0128. The Morgan fingerprint density at radius 2 is 1.81 bits per heavy atom. The highest BCUT2D eigenvalue weighted by molar-refractivity contribution is 5.45. The van der Waals surface area contributed by atoms with Gasteiger partial charge in [-0.15, -0.1) is 0 Å². The highest BCUT2D eigenvalue weighted by atomic mass is 16.5. The molecule has 1 aromatic rings. The Balaban J connectivity index is 1.84. The zero-order valence-corrected chi connectivity index (χ0v) is 14.0. The quantitative estimate of drug-likeness (QED) is 0.824. The third-order valence-electron chi connectivity index (χ3n) is 4.32. The number of likely N-dealkylation sites (tertiary alicyclic amines) is 1. The molecule has 0 amide bonds. The molecular weight excluding hydrogens is 260 g/mol. The molecule has 1 fully saturated rings. The zero-order valence-electron chi connectivity index (χ0n) is 14.0. The number of benzene rings is 1. The second-order valence-electron chi connectivity index (χ2n) is 6.89. The molecule has 1 aliphatic rings. The molecule has 1 atom stereocenters. The van der Waals surface area contributed by atoms with E-state index in [1.165, 1.54) is 37.2 Å². The smallest absolute Gasteiger partial charge is 0.0642 e. The van der Waals surface area contributed by atoms with Gasteiger partial charge in [-0.2, -0.15) is 0 Å². The number of nitrogens with one attached hydrogen (secondary N) is 1. The fourth-order valence-electron chi connectivity index (χ4n) is 3.06. The third-order valence-corrected chi connectivity index (χ3v) is 4.32. The van der Waals surface area contributed by atoms with E-state index in [0.29, 0.717) is 6.04 Å². The molecule has 1 aliphatic heterocycles. The highest BCUT2D eigenvalue weighted by Crippen LogP contribution is 2.20. The summed E-state index contributed by atoms with van der Waals surface area (Å²) < 4.78 is 5.49. The van der Waals surface area contributed by atoms with E-state index >= 15 is 0 Å². The lowest BCUT2D eigenvalue weighted by atomic mass is 9.99. The summed E-state index contributed by atoms with van der Waals surface area (Å²) in [6.07, 6.45) is 3.69. The Hall–Kier alpha value is -1.06. The van der Waals surface area contributed by atoms with Gasteiger partial charge in [-0.1, -0.05) is 12.1 Å². The van der Waals surface area contributed by atoms with Crippen LogP contribution in [0.15, 0.2) is 24.3 Å². The van der Waals surface area contributed by atoms with Crippen LogP contribution in [-0.2, 0) is 11.3 Å². The van der Waals surface area contributed by atoms with Crippen molar-refractivity contribution in [1.82, 2.24) is 4.90 Å². The van der Waals surface area contributed by atoms with Crippen molar-refractivity contribution >= 4 is 5.69 Å². The summed E-state index contributed by atoms with van der Waals surface area (Å²) >= 11 is 0. The average molecular weight is 290 g/mol. The number of hydrogen-bond donors (Lipinski definition) is 1. The summed E-state index contributed by atoms with van der Waals surface area (Å²) in [5.74, 6) is 0. The van der Waals surface area contributed by atoms with Crippen molar-refractivity contribution in [3.05, 3.63) is 29.8 Å².